The van der Waals surface area contributed by atoms with E-state index in [0.717, 1.165) is 37.2 Å². The summed E-state index contributed by atoms with van der Waals surface area (Å²) in [6.45, 7) is 2.40. The van der Waals surface area contributed by atoms with Crippen molar-refractivity contribution in [2.75, 3.05) is 24.6 Å². The van der Waals surface area contributed by atoms with E-state index >= 15 is 0 Å². The fraction of sp³-hybridized carbons (Fsp3) is 0.571. The number of benzene rings is 1. The highest BCUT2D eigenvalue weighted by Gasteiger charge is 2.74. The molecule has 5 heterocycles. The monoisotopic (exact) mass is 350 g/mol. The fourth-order valence-electron chi connectivity index (χ4n) is 7.50. The van der Waals surface area contributed by atoms with E-state index in [1.54, 1.807) is 0 Å². The quantitative estimate of drug-likeness (QED) is 0.715. The van der Waals surface area contributed by atoms with E-state index < -0.39 is 5.60 Å². The summed E-state index contributed by atoms with van der Waals surface area (Å²) < 4.78 is 6.15. The fourth-order valence-corrected chi connectivity index (χ4v) is 7.50. The Bertz CT molecular complexity index is 897. The number of aliphatic hydroxyl groups is 1. The molecule has 4 fully saturated rings. The van der Waals surface area contributed by atoms with Gasteiger partial charge in [0.15, 0.2) is 0 Å². The van der Waals surface area contributed by atoms with Gasteiger partial charge in [0.25, 0.3) is 0 Å². The minimum Gasteiger partial charge on any atom is -0.385 e. The number of nitrogens with zero attached hydrogens (tertiary/aromatic N) is 2. The first-order valence-electron chi connectivity index (χ1n) is 9.84. The molecule has 1 saturated carbocycles. The predicted octanol–water partition coefficient (Wildman–Crippen LogP) is 1.21. The molecule has 1 aliphatic carbocycles. The van der Waals surface area contributed by atoms with E-state index in [4.69, 9.17) is 4.74 Å². The maximum Gasteiger partial charge on any atom is 0.229 e. The van der Waals surface area contributed by atoms with Gasteiger partial charge >= 0.3 is 0 Å². The van der Waals surface area contributed by atoms with Crippen molar-refractivity contribution in [3.8, 4) is 0 Å². The number of amides is 1. The number of hydrogen-bond donors (Lipinski definition) is 1. The number of ether oxygens (including phenoxy) is 1. The maximum absolute atomic E-state index is 13.2. The van der Waals surface area contributed by atoms with Crippen LogP contribution in [0.15, 0.2) is 35.9 Å². The Morgan fingerprint density at radius 2 is 2.15 bits per heavy atom. The second kappa shape index (κ2) is 4.24. The zero-order valence-electron chi connectivity index (χ0n) is 14.6. The Labute approximate surface area is 152 Å². The molecule has 134 valence electrons. The molecule has 7 rings (SSSR count). The van der Waals surface area contributed by atoms with Crippen molar-refractivity contribution >= 4 is 11.6 Å². The second-order valence-electron chi connectivity index (χ2n) is 8.96. The molecule has 1 N–H and O–H groups in total. The number of carbonyl (C=O) groups excluding carboxylic acids is 1. The Morgan fingerprint density at radius 3 is 3.08 bits per heavy atom. The first-order valence-corrected chi connectivity index (χ1v) is 9.84. The molecule has 2 bridgehead atoms. The third kappa shape index (κ3) is 1.30. The van der Waals surface area contributed by atoms with Crippen molar-refractivity contribution in [3.05, 3.63) is 41.5 Å². The van der Waals surface area contributed by atoms with Crippen molar-refractivity contribution in [1.29, 1.82) is 0 Å². The number of hydrogen-bond acceptors (Lipinski definition) is 4. The lowest BCUT2D eigenvalue weighted by Gasteiger charge is -2.62. The normalized spacial score (nSPS) is 47.5. The average molecular weight is 350 g/mol. The third-order valence-corrected chi connectivity index (χ3v) is 8.33. The van der Waals surface area contributed by atoms with Crippen molar-refractivity contribution in [3.63, 3.8) is 0 Å². The van der Waals surface area contributed by atoms with Crippen LogP contribution in [-0.4, -0.2) is 59.4 Å². The topological polar surface area (TPSA) is 53.0 Å². The average Bonchev–Trinajstić information content (AvgIpc) is 3.10. The summed E-state index contributed by atoms with van der Waals surface area (Å²) in [5.74, 6) is 0.129. The lowest BCUT2D eigenvalue weighted by Crippen LogP contribution is -2.75. The summed E-state index contributed by atoms with van der Waals surface area (Å²) in [5, 5.41) is 11.9. The molecule has 5 aliphatic heterocycles. The van der Waals surface area contributed by atoms with E-state index in [0.29, 0.717) is 19.1 Å². The van der Waals surface area contributed by atoms with Crippen molar-refractivity contribution in [1.82, 2.24) is 4.90 Å². The van der Waals surface area contributed by atoms with Crippen molar-refractivity contribution in [2.24, 2.45) is 5.92 Å². The molecule has 5 heteroatoms. The third-order valence-electron chi connectivity index (χ3n) is 8.33. The van der Waals surface area contributed by atoms with E-state index in [1.165, 1.54) is 5.56 Å². The highest BCUT2D eigenvalue weighted by atomic mass is 16.5. The largest absolute Gasteiger partial charge is 0.385 e. The number of rotatable bonds is 0. The molecule has 1 amide bonds. The van der Waals surface area contributed by atoms with Crippen LogP contribution in [0.3, 0.4) is 0 Å². The van der Waals surface area contributed by atoms with Gasteiger partial charge in [0.05, 0.1) is 30.8 Å². The van der Waals surface area contributed by atoms with Gasteiger partial charge in [-0.3, -0.25) is 9.69 Å². The van der Waals surface area contributed by atoms with Gasteiger partial charge in [-0.05, 0) is 36.6 Å². The number of para-hydroxylation sites is 1. The van der Waals surface area contributed by atoms with Crippen LogP contribution in [0.1, 0.15) is 24.8 Å². The minimum atomic E-state index is -0.832. The van der Waals surface area contributed by atoms with Crippen molar-refractivity contribution < 1.29 is 14.6 Å². The number of fused-ring (bicyclic) bond motifs is 2. The van der Waals surface area contributed by atoms with Crippen LogP contribution in [-0.2, 0) is 14.9 Å². The molecule has 1 spiro atoms. The number of anilines is 1. The Morgan fingerprint density at radius 1 is 1.27 bits per heavy atom. The Hall–Kier alpha value is -1.69. The van der Waals surface area contributed by atoms with Gasteiger partial charge < -0.3 is 14.7 Å². The van der Waals surface area contributed by atoms with Gasteiger partial charge in [-0.25, -0.2) is 0 Å². The Balaban J connectivity index is 1.57. The Kier molecular flexibility index (Phi) is 2.34. The molecule has 3 saturated heterocycles. The van der Waals surface area contributed by atoms with Gasteiger partial charge in [0.2, 0.25) is 5.91 Å². The van der Waals surface area contributed by atoms with Crippen LogP contribution < -0.4 is 4.90 Å². The number of carbonyl (C=O) groups is 1. The first kappa shape index (κ1) is 14.4. The summed E-state index contributed by atoms with van der Waals surface area (Å²) in [5.41, 5.74) is 2.64. The lowest BCUT2D eigenvalue weighted by atomic mass is 9.51. The van der Waals surface area contributed by atoms with Crippen LogP contribution in [0.5, 0.6) is 0 Å². The zero-order chi connectivity index (χ0) is 17.3. The van der Waals surface area contributed by atoms with Crippen molar-refractivity contribution in [2.45, 2.75) is 48.5 Å². The second-order valence-corrected chi connectivity index (χ2v) is 8.96. The summed E-state index contributed by atoms with van der Waals surface area (Å²) in [4.78, 5) is 17.8. The SMILES string of the molecule is O=C1C[C@@H]2OCC=C3CN4CC[C@]56c7ccccc7N1[C@H]5[C@H]2[C@@]3(O)C[C@H]46. The summed E-state index contributed by atoms with van der Waals surface area (Å²) >= 11 is 0. The molecule has 1 aromatic carbocycles. The van der Waals surface area contributed by atoms with Crippen LogP contribution in [0.4, 0.5) is 5.69 Å². The maximum atomic E-state index is 13.2. The van der Waals surface area contributed by atoms with E-state index in [9.17, 15) is 9.90 Å². The molecule has 6 atom stereocenters. The van der Waals surface area contributed by atoms with E-state index in [-0.39, 0.29) is 29.4 Å². The molecule has 26 heavy (non-hydrogen) atoms. The highest BCUT2D eigenvalue weighted by Crippen LogP contribution is 2.66. The number of piperidine rings is 2. The van der Waals surface area contributed by atoms with Crippen LogP contribution in [0.2, 0.25) is 0 Å². The van der Waals surface area contributed by atoms with Crippen LogP contribution in [0.25, 0.3) is 0 Å². The minimum absolute atomic E-state index is 0.0155. The zero-order valence-corrected chi connectivity index (χ0v) is 14.6. The highest BCUT2D eigenvalue weighted by molar-refractivity contribution is 5.99. The molecule has 0 radical (unpaired) electrons. The molecule has 6 aliphatic rings. The summed E-state index contributed by atoms with van der Waals surface area (Å²) in [6, 6.07) is 8.80. The summed E-state index contributed by atoms with van der Waals surface area (Å²) in [6.07, 6.45) is 4.13. The molecular weight excluding hydrogens is 328 g/mol. The lowest BCUT2D eigenvalue weighted by molar-refractivity contribution is -0.157. The molecular formula is C21H22N2O3. The van der Waals surface area contributed by atoms with E-state index in [2.05, 4.69) is 34.1 Å². The van der Waals surface area contributed by atoms with Gasteiger partial charge in [0.1, 0.15) is 0 Å². The van der Waals surface area contributed by atoms with Gasteiger partial charge in [-0.2, -0.15) is 0 Å². The molecule has 1 aromatic rings. The van der Waals surface area contributed by atoms with Gasteiger partial charge in [0, 0.05) is 29.6 Å². The van der Waals surface area contributed by atoms with Gasteiger partial charge in [-0.15, -0.1) is 0 Å². The van der Waals surface area contributed by atoms with Crippen LogP contribution >= 0.6 is 0 Å². The standard InChI is InChI=1S/C21H22N2O3/c24-17-9-15-18-19-20(13-3-1-2-4-14(13)23(17)19)6-7-22-11-12(5-8-26-15)21(18,25)10-16(20)22/h1-5,15-16,18-19,25H,6-11H2/t15-,16-,18-,19-,20+,21+/m0/s1. The molecule has 0 aromatic heterocycles. The first-order chi connectivity index (χ1) is 12.6. The summed E-state index contributed by atoms with van der Waals surface area (Å²) in [7, 11) is 0. The van der Waals surface area contributed by atoms with Crippen LogP contribution in [0, 0.1) is 5.92 Å². The predicted molar refractivity (Wildman–Crippen MR) is 94.9 cm³/mol. The van der Waals surface area contributed by atoms with Gasteiger partial charge in [-0.1, -0.05) is 24.3 Å². The smallest absolute Gasteiger partial charge is 0.229 e. The molecule has 0 unspecified atom stereocenters. The molecule has 5 nitrogen and oxygen atoms in total. The van der Waals surface area contributed by atoms with E-state index in [1.807, 2.05) is 6.07 Å².